The van der Waals surface area contributed by atoms with E-state index in [1.54, 1.807) is 7.11 Å². The van der Waals surface area contributed by atoms with Gasteiger partial charge in [-0.1, -0.05) is 12.1 Å². The number of nitrogens with one attached hydrogen (secondary N) is 2. The molecule has 1 aromatic carbocycles. The molecule has 1 aliphatic heterocycles. The van der Waals surface area contributed by atoms with Crippen molar-refractivity contribution in [2.75, 3.05) is 32.1 Å². The number of ether oxygens (including phenoxy) is 1. The van der Waals surface area contributed by atoms with E-state index in [9.17, 15) is 5.11 Å². The molecule has 0 bridgehead atoms. The van der Waals surface area contributed by atoms with Crippen molar-refractivity contribution >= 4 is 5.82 Å². The van der Waals surface area contributed by atoms with Crippen LogP contribution in [0.1, 0.15) is 17.4 Å². The van der Waals surface area contributed by atoms with Crippen LogP contribution in [0.25, 0.3) is 0 Å². The molecule has 1 aromatic heterocycles. The molecule has 124 valence electrons. The lowest BCUT2D eigenvalue weighted by atomic mass is 10.1. The first kappa shape index (κ1) is 15.8. The van der Waals surface area contributed by atoms with E-state index in [2.05, 4.69) is 21.8 Å². The van der Waals surface area contributed by atoms with Gasteiger partial charge in [0.05, 0.1) is 18.9 Å². The Morgan fingerprint density at radius 1 is 1.43 bits per heavy atom. The number of aliphatic hydroxyl groups is 1. The molecular weight excluding hydrogens is 292 g/mol. The fourth-order valence-electron chi connectivity index (χ4n) is 2.89. The van der Waals surface area contributed by atoms with Gasteiger partial charge in [-0.2, -0.15) is 5.10 Å². The minimum atomic E-state index is -0.514. The number of hydrogen-bond donors (Lipinski definition) is 3. The number of methoxy groups -OCH3 is 1. The minimum Gasteiger partial charge on any atom is -0.497 e. The van der Waals surface area contributed by atoms with Crippen LogP contribution in [-0.2, 0) is 6.54 Å². The van der Waals surface area contributed by atoms with Gasteiger partial charge in [-0.15, -0.1) is 0 Å². The summed E-state index contributed by atoms with van der Waals surface area (Å²) in [4.78, 5) is 0. The summed E-state index contributed by atoms with van der Waals surface area (Å²) >= 11 is 0. The van der Waals surface area contributed by atoms with Crippen LogP contribution in [0, 0.1) is 12.8 Å². The van der Waals surface area contributed by atoms with Crippen LogP contribution in [0.5, 0.6) is 5.75 Å². The zero-order valence-electron chi connectivity index (χ0n) is 13.6. The van der Waals surface area contributed by atoms with Crippen molar-refractivity contribution in [1.29, 1.82) is 0 Å². The third kappa shape index (κ3) is 3.83. The van der Waals surface area contributed by atoms with E-state index in [0.717, 1.165) is 42.5 Å². The predicted octanol–water partition coefficient (Wildman–Crippen LogP) is 1.57. The van der Waals surface area contributed by atoms with Crippen molar-refractivity contribution in [3.05, 3.63) is 41.6 Å². The largest absolute Gasteiger partial charge is 0.497 e. The number of nitrogens with zero attached hydrogens (tertiary/aromatic N) is 2. The molecular formula is C17H24N4O2. The highest BCUT2D eigenvalue weighted by molar-refractivity contribution is 5.38. The first-order valence-electron chi connectivity index (χ1n) is 7.97. The lowest BCUT2D eigenvalue weighted by Crippen LogP contribution is -2.36. The lowest BCUT2D eigenvalue weighted by molar-refractivity contribution is 0.172. The van der Waals surface area contributed by atoms with Crippen molar-refractivity contribution in [3.8, 4) is 5.75 Å². The average Bonchev–Trinajstić information content (AvgIpc) is 2.94. The number of aliphatic hydroxyl groups excluding tert-OH is 1. The Hall–Kier alpha value is -2.05. The highest BCUT2D eigenvalue weighted by Gasteiger charge is 2.19. The Labute approximate surface area is 136 Å². The number of anilines is 1. The van der Waals surface area contributed by atoms with Crippen molar-refractivity contribution in [2.45, 2.75) is 19.6 Å². The van der Waals surface area contributed by atoms with Gasteiger partial charge in [0.1, 0.15) is 11.6 Å². The summed E-state index contributed by atoms with van der Waals surface area (Å²) in [5, 5.41) is 21.5. The molecule has 2 aromatic rings. The summed E-state index contributed by atoms with van der Waals surface area (Å²) in [6.45, 7) is 5.22. The van der Waals surface area contributed by atoms with Crippen molar-refractivity contribution in [3.63, 3.8) is 0 Å². The monoisotopic (exact) mass is 316 g/mol. The first-order valence-corrected chi connectivity index (χ1v) is 7.97. The van der Waals surface area contributed by atoms with Crippen LogP contribution in [0.15, 0.2) is 30.3 Å². The maximum Gasteiger partial charge on any atom is 0.124 e. The Kier molecular flexibility index (Phi) is 4.83. The third-order valence-electron chi connectivity index (χ3n) is 4.18. The van der Waals surface area contributed by atoms with E-state index in [1.165, 1.54) is 0 Å². The first-order chi connectivity index (χ1) is 11.2. The Morgan fingerprint density at radius 3 is 2.96 bits per heavy atom. The normalized spacial score (nSPS) is 18.1. The fourth-order valence-corrected chi connectivity index (χ4v) is 2.89. The summed E-state index contributed by atoms with van der Waals surface area (Å²) in [7, 11) is 1.64. The van der Waals surface area contributed by atoms with Crippen LogP contribution in [-0.4, -0.2) is 41.6 Å². The summed E-state index contributed by atoms with van der Waals surface area (Å²) in [5.74, 6) is 2.36. The van der Waals surface area contributed by atoms with E-state index in [1.807, 2.05) is 35.9 Å². The van der Waals surface area contributed by atoms with E-state index >= 15 is 0 Å². The van der Waals surface area contributed by atoms with Crippen LogP contribution in [0.2, 0.25) is 0 Å². The topological polar surface area (TPSA) is 71.3 Å². The predicted molar refractivity (Wildman–Crippen MR) is 89.8 cm³/mol. The van der Waals surface area contributed by atoms with Crippen molar-refractivity contribution in [1.82, 2.24) is 15.1 Å². The molecule has 0 unspecified atom stereocenters. The molecule has 0 amide bonds. The Bertz CT molecular complexity index is 639. The van der Waals surface area contributed by atoms with Gasteiger partial charge in [0, 0.05) is 38.2 Å². The quantitative estimate of drug-likeness (QED) is 0.754. The second-order valence-electron chi connectivity index (χ2n) is 6.05. The van der Waals surface area contributed by atoms with E-state index in [-0.39, 0.29) is 0 Å². The molecule has 1 aliphatic rings. The molecule has 2 heterocycles. The fraction of sp³-hybridized carbons (Fsp3) is 0.471. The summed E-state index contributed by atoms with van der Waals surface area (Å²) in [6.07, 6.45) is -0.514. The number of fused-ring (bicyclic) bond motifs is 1. The van der Waals surface area contributed by atoms with Crippen LogP contribution < -0.4 is 15.4 Å². The SMILES string of the molecule is COc1ccc([C@H](O)CNC[C@H]2CNc3cc(C)nn3C2)cc1. The van der Waals surface area contributed by atoms with Gasteiger partial charge >= 0.3 is 0 Å². The number of hydrogen-bond acceptors (Lipinski definition) is 5. The van der Waals surface area contributed by atoms with Gasteiger partial charge < -0.3 is 20.5 Å². The van der Waals surface area contributed by atoms with Gasteiger partial charge in [-0.25, -0.2) is 4.68 Å². The number of aryl methyl sites for hydroxylation is 1. The number of benzene rings is 1. The standard InChI is InChI=1S/C17H24N4O2/c1-12-7-17-19-9-13(11-21(17)20-12)8-18-10-16(22)14-3-5-15(23-2)6-4-14/h3-7,13,16,18-19,22H,8-11H2,1-2H3/t13-,16+/m0/s1. The molecule has 6 heteroatoms. The molecule has 0 saturated heterocycles. The lowest BCUT2D eigenvalue weighted by Gasteiger charge is -2.25. The minimum absolute atomic E-state index is 0.463. The molecule has 23 heavy (non-hydrogen) atoms. The Morgan fingerprint density at radius 2 is 2.22 bits per heavy atom. The molecule has 0 saturated carbocycles. The van der Waals surface area contributed by atoms with Gasteiger partial charge in [-0.05, 0) is 24.6 Å². The zero-order valence-corrected chi connectivity index (χ0v) is 13.6. The maximum atomic E-state index is 10.2. The van der Waals surface area contributed by atoms with Crippen molar-refractivity contribution in [2.24, 2.45) is 5.92 Å². The average molecular weight is 316 g/mol. The molecule has 3 rings (SSSR count). The van der Waals surface area contributed by atoms with Crippen LogP contribution >= 0.6 is 0 Å². The molecule has 3 N–H and O–H groups in total. The smallest absolute Gasteiger partial charge is 0.124 e. The molecule has 2 atom stereocenters. The molecule has 0 radical (unpaired) electrons. The second-order valence-corrected chi connectivity index (χ2v) is 6.05. The van der Waals surface area contributed by atoms with Crippen molar-refractivity contribution < 1.29 is 9.84 Å². The van der Waals surface area contributed by atoms with E-state index in [4.69, 9.17) is 4.74 Å². The number of rotatable bonds is 6. The molecule has 0 aliphatic carbocycles. The Balaban J connectivity index is 1.46. The summed E-state index contributed by atoms with van der Waals surface area (Å²) < 4.78 is 7.15. The summed E-state index contributed by atoms with van der Waals surface area (Å²) in [6, 6.07) is 9.59. The van der Waals surface area contributed by atoms with Gasteiger partial charge in [0.25, 0.3) is 0 Å². The molecule has 0 spiro atoms. The van der Waals surface area contributed by atoms with E-state index < -0.39 is 6.10 Å². The number of aromatic nitrogens is 2. The highest BCUT2D eigenvalue weighted by Crippen LogP contribution is 2.19. The van der Waals surface area contributed by atoms with Gasteiger partial charge in [0.2, 0.25) is 0 Å². The van der Waals surface area contributed by atoms with Gasteiger partial charge in [0.15, 0.2) is 0 Å². The molecule has 0 fully saturated rings. The second kappa shape index (κ2) is 7.02. The molecule has 6 nitrogen and oxygen atoms in total. The van der Waals surface area contributed by atoms with E-state index in [0.29, 0.717) is 12.5 Å². The van der Waals surface area contributed by atoms with Crippen LogP contribution in [0.4, 0.5) is 5.82 Å². The van der Waals surface area contributed by atoms with Gasteiger partial charge in [-0.3, -0.25) is 0 Å². The zero-order chi connectivity index (χ0) is 16.2. The van der Waals surface area contributed by atoms with Crippen LogP contribution in [0.3, 0.4) is 0 Å². The highest BCUT2D eigenvalue weighted by atomic mass is 16.5. The third-order valence-corrected chi connectivity index (χ3v) is 4.18. The summed E-state index contributed by atoms with van der Waals surface area (Å²) in [5.41, 5.74) is 1.93. The maximum absolute atomic E-state index is 10.2.